The first kappa shape index (κ1) is 20.1. The number of carbonyl (C=O) groups excluding carboxylic acids is 2. The van der Waals surface area contributed by atoms with Gasteiger partial charge in [-0.2, -0.15) is 0 Å². The summed E-state index contributed by atoms with van der Waals surface area (Å²) in [6, 6.07) is 15.1. The molecule has 0 bridgehead atoms. The standard InChI is InChI=1S/C22H24ClN3O2/c1-3-26(14-21(28)24-12-16-8-10-17(23)11-9-16)13-20(27)22-15(2)25-19-7-5-4-6-18(19)22/h4-11,25H,3,12-14H2,1-2H3,(H,24,28). The molecule has 3 rings (SSSR count). The van der Waals surface area contributed by atoms with Crippen LogP contribution in [0.4, 0.5) is 0 Å². The van der Waals surface area contributed by atoms with Crippen LogP contribution in [0.2, 0.25) is 5.02 Å². The normalized spacial score (nSPS) is 11.1. The number of H-pyrrole nitrogens is 1. The van der Waals surface area contributed by atoms with Crippen molar-refractivity contribution in [2.24, 2.45) is 0 Å². The van der Waals surface area contributed by atoms with Gasteiger partial charge in [0, 0.05) is 33.7 Å². The maximum atomic E-state index is 12.9. The van der Waals surface area contributed by atoms with E-state index in [1.807, 2.05) is 55.1 Å². The number of carbonyl (C=O) groups is 2. The zero-order valence-corrected chi connectivity index (χ0v) is 16.8. The SMILES string of the molecule is CCN(CC(=O)NCc1ccc(Cl)cc1)CC(=O)c1c(C)[nH]c2ccccc12. The van der Waals surface area contributed by atoms with E-state index in [1.165, 1.54) is 0 Å². The van der Waals surface area contributed by atoms with Crippen molar-refractivity contribution < 1.29 is 9.59 Å². The van der Waals surface area contributed by atoms with Crippen LogP contribution in [-0.2, 0) is 11.3 Å². The number of rotatable bonds is 8. The molecule has 2 aromatic carbocycles. The molecule has 0 fully saturated rings. The number of para-hydroxylation sites is 1. The summed E-state index contributed by atoms with van der Waals surface area (Å²) in [6.45, 7) is 5.28. The number of ketones is 1. The number of likely N-dealkylation sites (N-methyl/N-ethyl adjacent to an activating group) is 1. The smallest absolute Gasteiger partial charge is 0.234 e. The Bertz CT molecular complexity index is 979. The van der Waals surface area contributed by atoms with Crippen molar-refractivity contribution in [3.05, 3.63) is 70.4 Å². The lowest BCUT2D eigenvalue weighted by Crippen LogP contribution is -2.39. The van der Waals surface area contributed by atoms with Crippen molar-refractivity contribution in [1.82, 2.24) is 15.2 Å². The van der Waals surface area contributed by atoms with Gasteiger partial charge in [-0.1, -0.05) is 48.9 Å². The van der Waals surface area contributed by atoms with Gasteiger partial charge in [0.2, 0.25) is 5.91 Å². The second-order valence-electron chi connectivity index (χ2n) is 6.80. The number of aromatic amines is 1. The van der Waals surface area contributed by atoms with Crippen LogP contribution in [0.1, 0.15) is 28.5 Å². The molecule has 5 nitrogen and oxygen atoms in total. The molecule has 0 saturated heterocycles. The molecule has 2 N–H and O–H groups in total. The third kappa shape index (κ3) is 4.80. The Morgan fingerprint density at radius 2 is 1.79 bits per heavy atom. The van der Waals surface area contributed by atoms with Crippen LogP contribution >= 0.6 is 11.6 Å². The summed E-state index contributed by atoms with van der Waals surface area (Å²) < 4.78 is 0. The highest BCUT2D eigenvalue weighted by atomic mass is 35.5. The predicted octanol–water partition coefficient (Wildman–Crippen LogP) is 3.95. The Morgan fingerprint density at radius 3 is 2.50 bits per heavy atom. The Labute approximate surface area is 169 Å². The molecule has 28 heavy (non-hydrogen) atoms. The molecule has 0 atom stereocenters. The molecular formula is C22H24ClN3O2. The third-order valence-corrected chi connectivity index (χ3v) is 5.01. The lowest BCUT2D eigenvalue weighted by molar-refractivity contribution is -0.122. The molecule has 1 heterocycles. The highest BCUT2D eigenvalue weighted by molar-refractivity contribution is 6.30. The van der Waals surface area contributed by atoms with Gasteiger partial charge in [-0.25, -0.2) is 0 Å². The van der Waals surface area contributed by atoms with Crippen LogP contribution in [0.25, 0.3) is 10.9 Å². The summed E-state index contributed by atoms with van der Waals surface area (Å²) in [6.07, 6.45) is 0. The first-order valence-electron chi connectivity index (χ1n) is 9.32. The highest BCUT2D eigenvalue weighted by Gasteiger charge is 2.19. The minimum atomic E-state index is -0.111. The number of hydrogen-bond donors (Lipinski definition) is 2. The molecule has 0 aliphatic heterocycles. The minimum absolute atomic E-state index is 0.0160. The number of benzene rings is 2. The number of nitrogens with zero attached hydrogens (tertiary/aromatic N) is 1. The van der Waals surface area contributed by atoms with Crippen molar-refractivity contribution in [2.75, 3.05) is 19.6 Å². The topological polar surface area (TPSA) is 65.2 Å². The molecule has 0 radical (unpaired) electrons. The van der Waals surface area contributed by atoms with Crippen LogP contribution in [-0.4, -0.2) is 41.2 Å². The number of fused-ring (bicyclic) bond motifs is 1. The fourth-order valence-corrected chi connectivity index (χ4v) is 3.39. The van der Waals surface area contributed by atoms with E-state index in [-0.39, 0.29) is 24.8 Å². The molecule has 6 heteroatoms. The number of amides is 1. The molecule has 1 aromatic heterocycles. The van der Waals surface area contributed by atoms with Gasteiger partial charge in [-0.05, 0) is 37.2 Å². The highest BCUT2D eigenvalue weighted by Crippen LogP contribution is 2.22. The molecule has 1 amide bonds. The van der Waals surface area contributed by atoms with Gasteiger partial charge in [-0.15, -0.1) is 0 Å². The molecule has 0 spiro atoms. The summed E-state index contributed by atoms with van der Waals surface area (Å²) in [5.74, 6) is -0.0949. The van der Waals surface area contributed by atoms with E-state index in [4.69, 9.17) is 11.6 Å². The first-order valence-corrected chi connectivity index (χ1v) is 9.69. The van der Waals surface area contributed by atoms with E-state index >= 15 is 0 Å². The Hall–Kier alpha value is -2.63. The summed E-state index contributed by atoms with van der Waals surface area (Å²) in [5, 5.41) is 4.48. The number of aryl methyl sites for hydroxylation is 1. The van der Waals surface area contributed by atoms with Crippen molar-refractivity contribution >= 4 is 34.2 Å². The van der Waals surface area contributed by atoms with E-state index in [9.17, 15) is 9.59 Å². The Morgan fingerprint density at radius 1 is 1.07 bits per heavy atom. The maximum absolute atomic E-state index is 12.9. The van der Waals surface area contributed by atoms with Crippen LogP contribution in [0.5, 0.6) is 0 Å². The summed E-state index contributed by atoms with van der Waals surface area (Å²) >= 11 is 5.87. The number of aromatic nitrogens is 1. The zero-order valence-electron chi connectivity index (χ0n) is 16.1. The number of halogens is 1. The fraction of sp³-hybridized carbons (Fsp3) is 0.273. The van der Waals surface area contributed by atoms with Gasteiger partial charge in [0.05, 0.1) is 13.1 Å². The second-order valence-corrected chi connectivity index (χ2v) is 7.24. The number of Topliss-reactive ketones (excluding diaryl/α,β-unsaturated/α-hetero) is 1. The third-order valence-electron chi connectivity index (χ3n) is 4.76. The van der Waals surface area contributed by atoms with Crippen LogP contribution in [0.15, 0.2) is 48.5 Å². The lowest BCUT2D eigenvalue weighted by atomic mass is 10.1. The first-order chi connectivity index (χ1) is 13.5. The van der Waals surface area contributed by atoms with E-state index in [0.29, 0.717) is 23.7 Å². The van der Waals surface area contributed by atoms with Gasteiger partial charge in [-0.3, -0.25) is 14.5 Å². The minimum Gasteiger partial charge on any atom is -0.358 e. The quantitative estimate of drug-likeness (QED) is 0.565. The molecule has 0 unspecified atom stereocenters. The van der Waals surface area contributed by atoms with Crippen molar-refractivity contribution in [3.63, 3.8) is 0 Å². The van der Waals surface area contributed by atoms with E-state index in [1.54, 1.807) is 12.1 Å². The molecule has 0 saturated carbocycles. The number of nitrogens with one attached hydrogen (secondary N) is 2. The monoisotopic (exact) mass is 397 g/mol. The van der Waals surface area contributed by atoms with Gasteiger partial charge < -0.3 is 10.3 Å². The zero-order chi connectivity index (χ0) is 20.1. The Balaban J connectivity index is 1.60. The van der Waals surface area contributed by atoms with Gasteiger partial charge in [0.1, 0.15) is 0 Å². The van der Waals surface area contributed by atoms with E-state index in [2.05, 4.69) is 10.3 Å². The van der Waals surface area contributed by atoms with Crippen LogP contribution in [0.3, 0.4) is 0 Å². The summed E-state index contributed by atoms with van der Waals surface area (Å²) in [7, 11) is 0. The van der Waals surface area contributed by atoms with Gasteiger partial charge >= 0.3 is 0 Å². The van der Waals surface area contributed by atoms with Crippen LogP contribution in [0, 0.1) is 6.92 Å². The fourth-order valence-electron chi connectivity index (χ4n) is 3.26. The maximum Gasteiger partial charge on any atom is 0.234 e. The van der Waals surface area contributed by atoms with Crippen molar-refractivity contribution in [2.45, 2.75) is 20.4 Å². The van der Waals surface area contributed by atoms with Gasteiger partial charge in [0.25, 0.3) is 0 Å². The molecule has 146 valence electrons. The average Bonchev–Trinajstić information content (AvgIpc) is 3.02. The molecule has 0 aliphatic carbocycles. The van der Waals surface area contributed by atoms with Gasteiger partial charge in [0.15, 0.2) is 5.78 Å². The van der Waals surface area contributed by atoms with Crippen LogP contribution < -0.4 is 5.32 Å². The summed E-state index contributed by atoms with van der Waals surface area (Å²) in [5.41, 5.74) is 3.49. The predicted molar refractivity (Wildman–Crippen MR) is 113 cm³/mol. The lowest BCUT2D eigenvalue weighted by Gasteiger charge is -2.19. The molecular weight excluding hydrogens is 374 g/mol. The van der Waals surface area contributed by atoms with Crippen molar-refractivity contribution in [3.8, 4) is 0 Å². The van der Waals surface area contributed by atoms with E-state index < -0.39 is 0 Å². The molecule has 0 aliphatic rings. The summed E-state index contributed by atoms with van der Waals surface area (Å²) in [4.78, 5) is 30.3. The Kier molecular flexibility index (Phi) is 6.49. The van der Waals surface area contributed by atoms with E-state index in [0.717, 1.165) is 22.2 Å². The average molecular weight is 398 g/mol. The number of hydrogen-bond acceptors (Lipinski definition) is 3. The molecule has 3 aromatic rings. The largest absolute Gasteiger partial charge is 0.358 e. The second kappa shape index (κ2) is 9.04. The van der Waals surface area contributed by atoms with Crippen molar-refractivity contribution in [1.29, 1.82) is 0 Å².